The summed E-state index contributed by atoms with van der Waals surface area (Å²) < 4.78 is 1.75. The average molecular weight is 188 g/mol. The van der Waals surface area contributed by atoms with E-state index in [1.54, 1.807) is 11.0 Å². The maximum absolute atomic E-state index is 4.37. The smallest absolute Gasteiger partial charge is 0.147 e. The highest BCUT2D eigenvalue weighted by Crippen LogP contribution is 2.10. The molecule has 72 valence electrons. The van der Waals surface area contributed by atoms with Crippen LogP contribution in [0.4, 0.5) is 0 Å². The van der Waals surface area contributed by atoms with Gasteiger partial charge in [-0.15, -0.1) is 0 Å². The molecule has 0 fully saturated rings. The van der Waals surface area contributed by atoms with Crippen molar-refractivity contribution in [3.8, 4) is 5.69 Å². The highest BCUT2D eigenvalue weighted by molar-refractivity contribution is 5.35. The molecular formula is C10H12N4. The number of pyridine rings is 1. The Hall–Kier alpha value is -1.71. The maximum Gasteiger partial charge on any atom is 0.147 e. The maximum atomic E-state index is 4.37. The van der Waals surface area contributed by atoms with Gasteiger partial charge in [-0.2, -0.15) is 5.10 Å². The first-order valence-corrected chi connectivity index (χ1v) is 4.50. The highest BCUT2D eigenvalue weighted by atomic mass is 15.3. The lowest BCUT2D eigenvalue weighted by Crippen LogP contribution is -2.00. The third-order valence-electron chi connectivity index (χ3n) is 2.05. The SMILES string of the molecule is Cc1ccc(-n2cnc(C)n2)c(C)n1. The van der Waals surface area contributed by atoms with E-state index < -0.39 is 0 Å². The number of aryl methyl sites for hydroxylation is 3. The van der Waals surface area contributed by atoms with Gasteiger partial charge in [-0.25, -0.2) is 9.67 Å². The summed E-state index contributed by atoms with van der Waals surface area (Å²) in [5, 5.41) is 4.24. The largest absolute Gasteiger partial charge is 0.256 e. The number of aromatic nitrogens is 4. The lowest BCUT2D eigenvalue weighted by Gasteiger charge is -2.04. The summed E-state index contributed by atoms with van der Waals surface area (Å²) in [5.74, 6) is 0.768. The molecule has 0 radical (unpaired) electrons. The van der Waals surface area contributed by atoms with Gasteiger partial charge in [0.1, 0.15) is 12.2 Å². The Labute approximate surface area is 82.6 Å². The van der Waals surface area contributed by atoms with Crippen LogP contribution < -0.4 is 0 Å². The normalized spacial score (nSPS) is 10.5. The lowest BCUT2D eigenvalue weighted by atomic mass is 10.3. The standard InChI is InChI=1S/C10H12N4/c1-7-4-5-10(8(2)12-7)14-6-11-9(3)13-14/h4-6H,1-3H3. The number of hydrogen-bond donors (Lipinski definition) is 0. The van der Waals surface area contributed by atoms with E-state index in [-0.39, 0.29) is 0 Å². The summed E-state index contributed by atoms with van der Waals surface area (Å²) in [5.41, 5.74) is 2.97. The molecule has 2 aromatic rings. The van der Waals surface area contributed by atoms with Gasteiger partial charge in [0.05, 0.1) is 11.4 Å². The van der Waals surface area contributed by atoms with Gasteiger partial charge >= 0.3 is 0 Å². The van der Waals surface area contributed by atoms with Gasteiger partial charge in [-0.1, -0.05) is 0 Å². The lowest BCUT2D eigenvalue weighted by molar-refractivity contribution is 0.843. The molecule has 0 saturated carbocycles. The van der Waals surface area contributed by atoms with Crippen molar-refractivity contribution in [1.82, 2.24) is 19.7 Å². The molecule has 0 aliphatic rings. The molecule has 0 atom stereocenters. The third kappa shape index (κ3) is 1.51. The van der Waals surface area contributed by atoms with E-state index in [4.69, 9.17) is 0 Å². The van der Waals surface area contributed by atoms with Crippen molar-refractivity contribution in [2.75, 3.05) is 0 Å². The van der Waals surface area contributed by atoms with Gasteiger partial charge in [0.15, 0.2) is 0 Å². The molecular weight excluding hydrogens is 176 g/mol. The van der Waals surface area contributed by atoms with E-state index >= 15 is 0 Å². The predicted molar refractivity (Wildman–Crippen MR) is 53.4 cm³/mol. The van der Waals surface area contributed by atoms with Crippen molar-refractivity contribution in [3.63, 3.8) is 0 Å². The summed E-state index contributed by atoms with van der Waals surface area (Å²) in [7, 11) is 0. The van der Waals surface area contributed by atoms with Crippen LogP contribution in [0.5, 0.6) is 0 Å². The van der Waals surface area contributed by atoms with E-state index in [0.717, 1.165) is 22.9 Å². The van der Waals surface area contributed by atoms with Crippen molar-refractivity contribution in [3.05, 3.63) is 35.7 Å². The Morgan fingerprint density at radius 2 is 1.93 bits per heavy atom. The zero-order valence-electron chi connectivity index (χ0n) is 8.52. The molecule has 2 aromatic heterocycles. The molecule has 0 N–H and O–H groups in total. The number of rotatable bonds is 1. The molecule has 0 saturated heterocycles. The van der Waals surface area contributed by atoms with Crippen LogP contribution in [0.15, 0.2) is 18.5 Å². The number of nitrogens with zero attached hydrogens (tertiary/aromatic N) is 4. The van der Waals surface area contributed by atoms with Crippen LogP contribution in [-0.4, -0.2) is 19.7 Å². The minimum atomic E-state index is 0.768. The topological polar surface area (TPSA) is 43.6 Å². The van der Waals surface area contributed by atoms with Gasteiger partial charge in [0.25, 0.3) is 0 Å². The molecule has 0 amide bonds. The molecule has 0 aromatic carbocycles. The van der Waals surface area contributed by atoms with Crippen LogP contribution in [0.1, 0.15) is 17.2 Å². The zero-order valence-corrected chi connectivity index (χ0v) is 8.52. The van der Waals surface area contributed by atoms with Crippen molar-refractivity contribution in [2.45, 2.75) is 20.8 Å². The Bertz CT molecular complexity index is 459. The van der Waals surface area contributed by atoms with Crippen LogP contribution in [0.3, 0.4) is 0 Å². The van der Waals surface area contributed by atoms with E-state index in [1.807, 2.05) is 32.9 Å². The molecule has 4 heteroatoms. The Balaban J connectivity index is 2.52. The van der Waals surface area contributed by atoms with Crippen molar-refractivity contribution in [2.24, 2.45) is 0 Å². The third-order valence-corrected chi connectivity index (χ3v) is 2.05. The number of hydrogen-bond acceptors (Lipinski definition) is 3. The Morgan fingerprint density at radius 3 is 2.50 bits per heavy atom. The molecule has 2 heterocycles. The van der Waals surface area contributed by atoms with Crippen molar-refractivity contribution >= 4 is 0 Å². The quantitative estimate of drug-likeness (QED) is 0.682. The van der Waals surface area contributed by atoms with Crippen LogP contribution in [0.2, 0.25) is 0 Å². The fourth-order valence-corrected chi connectivity index (χ4v) is 1.38. The molecule has 14 heavy (non-hydrogen) atoms. The summed E-state index contributed by atoms with van der Waals surface area (Å²) >= 11 is 0. The molecule has 0 bridgehead atoms. The second kappa shape index (κ2) is 3.21. The first-order chi connectivity index (χ1) is 6.66. The van der Waals surface area contributed by atoms with E-state index in [0.29, 0.717) is 0 Å². The van der Waals surface area contributed by atoms with Crippen molar-refractivity contribution < 1.29 is 0 Å². The van der Waals surface area contributed by atoms with E-state index in [2.05, 4.69) is 15.1 Å². The Kier molecular flexibility index (Phi) is 2.04. The molecule has 4 nitrogen and oxygen atoms in total. The van der Waals surface area contributed by atoms with Gasteiger partial charge in [0.2, 0.25) is 0 Å². The summed E-state index contributed by atoms with van der Waals surface area (Å²) in [6.45, 7) is 5.82. The summed E-state index contributed by atoms with van der Waals surface area (Å²) in [4.78, 5) is 8.45. The molecule has 2 rings (SSSR count). The predicted octanol–water partition coefficient (Wildman–Crippen LogP) is 1.59. The van der Waals surface area contributed by atoms with Gasteiger partial charge in [-0.05, 0) is 32.9 Å². The van der Waals surface area contributed by atoms with Crippen LogP contribution >= 0.6 is 0 Å². The second-order valence-corrected chi connectivity index (χ2v) is 3.29. The minimum absolute atomic E-state index is 0.768. The Morgan fingerprint density at radius 1 is 1.14 bits per heavy atom. The van der Waals surface area contributed by atoms with Gasteiger partial charge in [-0.3, -0.25) is 4.98 Å². The fourth-order valence-electron chi connectivity index (χ4n) is 1.38. The van der Waals surface area contributed by atoms with Crippen LogP contribution in [0.25, 0.3) is 5.69 Å². The summed E-state index contributed by atoms with van der Waals surface area (Å²) in [6.07, 6.45) is 1.70. The van der Waals surface area contributed by atoms with E-state index in [9.17, 15) is 0 Å². The first kappa shape index (κ1) is 8.87. The second-order valence-electron chi connectivity index (χ2n) is 3.29. The zero-order chi connectivity index (χ0) is 10.1. The van der Waals surface area contributed by atoms with E-state index in [1.165, 1.54) is 0 Å². The molecule has 0 aliphatic carbocycles. The van der Waals surface area contributed by atoms with Gasteiger partial charge < -0.3 is 0 Å². The van der Waals surface area contributed by atoms with Crippen LogP contribution in [-0.2, 0) is 0 Å². The monoisotopic (exact) mass is 188 g/mol. The fraction of sp³-hybridized carbons (Fsp3) is 0.300. The van der Waals surface area contributed by atoms with Gasteiger partial charge in [0, 0.05) is 5.69 Å². The molecule has 0 spiro atoms. The van der Waals surface area contributed by atoms with Crippen molar-refractivity contribution in [1.29, 1.82) is 0 Å². The average Bonchev–Trinajstić information content (AvgIpc) is 2.51. The van der Waals surface area contributed by atoms with Crippen LogP contribution in [0, 0.1) is 20.8 Å². The molecule has 0 aliphatic heterocycles. The highest BCUT2D eigenvalue weighted by Gasteiger charge is 2.03. The first-order valence-electron chi connectivity index (χ1n) is 4.50. The summed E-state index contributed by atoms with van der Waals surface area (Å²) in [6, 6.07) is 3.98. The molecule has 0 unspecified atom stereocenters. The minimum Gasteiger partial charge on any atom is -0.256 e.